The molecule has 0 spiro atoms. The molecular weight excluding hydrogens is 606 g/mol. The normalized spacial score (nSPS) is 16.6. The number of nitro benzene ring substituents is 1. The van der Waals surface area contributed by atoms with Crippen molar-refractivity contribution in [1.82, 2.24) is 14.9 Å². The third kappa shape index (κ3) is 5.25. The fourth-order valence-corrected chi connectivity index (χ4v) is 6.43. The average Bonchev–Trinajstić information content (AvgIpc) is 3.59. The van der Waals surface area contributed by atoms with Crippen LogP contribution >= 0.6 is 39.9 Å². The lowest BCUT2D eigenvalue weighted by molar-refractivity contribution is -0.384. The standard InChI is InChI=1S/C30H22BrN5O2S2/c31-20-5-3-6-23(19-20)34-18-4-8-27(34)29-28(26-7-1-2-17-32-26)33-30(39)35(29)21-9-13-24(14-10-21)40-25-15-11-22(12-16-25)36(37)38/h1-19,28-29H,(H,33,39)/t28-,29+/m1/s1. The van der Waals surface area contributed by atoms with E-state index >= 15 is 0 Å². The van der Waals surface area contributed by atoms with E-state index in [9.17, 15) is 10.1 Å². The van der Waals surface area contributed by atoms with Gasteiger partial charge in [0.25, 0.3) is 5.69 Å². The number of aromatic nitrogens is 2. The van der Waals surface area contributed by atoms with Gasteiger partial charge in [0, 0.05) is 55.9 Å². The largest absolute Gasteiger partial charge is 0.351 e. The quantitative estimate of drug-likeness (QED) is 0.112. The van der Waals surface area contributed by atoms with Crippen molar-refractivity contribution < 1.29 is 4.92 Å². The first-order valence-corrected chi connectivity index (χ1v) is 14.5. The molecule has 3 aromatic carbocycles. The molecular formula is C30H22BrN5O2S2. The summed E-state index contributed by atoms with van der Waals surface area (Å²) in [6, 6.07) is 32.8. The molecule has 0 aliphatic carbocycles. The van der Waals surface area contributed by atoms with Crippen LogP contribution < -0.4 is 10.2 Å². The van der Waals surface area contributed by atoms with Crippen LogP contribution in [0.4, 0.5) is 11.4 Å². The summed E-state index contributed by atoms with van der Waals surface area (Å²) in [7, 11) is 0. The zero-order valence-electron chi connectivity index (χ0n) is 20.9. The number of rotatable bonds is 7. The SMILES string of the molecule is O=[N+]([O-])c1ccc(Sc2ccc(N3C(=S)N[C@H](c4ccccn4)[C@@H]3c3cccn3-c3cccc(Br)c3)cc2)cc1. The van der Waals surface area contributed by atoms with E-state index in [0.717, 1.165) is 37.0 Å². The Balaban J connectivity index is 1.36. The number of pyridine rings is 1. The molecule has 0 unspecified atom stereocenters. The zero-order chi connectivity index (χ0) is 27.6. The molecule has 2 aromatic heterocycles. The minimum atomic E-state index is -0.391. The maximum absolute atomic E-state index is 11.0. The molecule has 1 aliphatic heterocycles. The monoisotopic (exact) mass is 627 g/mol. The molecule has 1 saturated heterocycles. The molecule has 198 valence electrons. The van der Waals surface area contributed by atoms with Gasteiger partial charge in [0.1, 0.15) is 6.04 Å². The van der Waals surface area contributed by atoms with Crippen molar-refractivity contribution >= 4 is 56.4 Å². The van der Waals surface area contributed by atoms with E-state index in [1.54, 1.807) is 30.1 Å². The summed E-state index contributed by atoms with van der Waals surface area (Å²) in [6.45, 7) is 0. The first-order chi connectivity index (χ1) is 19.5. The van der Waals surface area contributed by atoms with Gasteiger partial charge in [-0.25, -0.2) is 0 Å². The minimum absolute atomic E-state index is 0.0795. The minimum Gasteiger partial charge on any atom is -0.351 e. The number of benzene rings is 3. The molecule has 40 heavy (non-hydrogen) atoms. The van der Waals surface area contributed by atoms with Crippen LogP contribution in [0, 0.1) is 10.1 Å². The predicted molar refractivity (Wildman–Crippen MR) is 165 cm³/mol. The highest BCUT2D eigenvalue weighted by Gasteiger charge is 2.42. The number of nitro groups is 1. The van der Waals surface area contributed by atoms with Gasteiger partial charge in [0.15, 0.2) is 5.11 Å². The third-order valence-corrected chi connectivity index (χ3v) is 8.49. The van der Waals surface area contributed by atoms with Gasteiger partial charge >= 0.3 is 0 Å². The molecule has 0 amide bonds. The van der Waals surface area contributed by atoms with Crippen LogP contribution in [0.1, 0.15) is 23.5 Å². The summed E-state index contributed by atoms with van der Waals surface area (Å²) in [6.07, 6.45) is 3.87. The highest BCUT2D eigenvalue weighted by molar-refractivity contribution is 9.10. The molecule has 0 saturated carbocycles. The Kier molecular flexibility index (Phi) is 7.38. The third-order valence-electron chi connectivity index (χ3n) is 6.67. The maximum Gasteiger partial charge on any atom is 0.269 e. The number of anilines is 1. The van der Waals surface area contributed by atoms with Gasteiger partial charge in [-0.2, -0.15) is 0 Å². The van der Waals surface area contributed by atoms with Crippen LogP contribution in [0.25, 0.3) is 5.69 Å². The molecule has 7 nitrogen and oxygen atoms in total. The smallest absolute Gasteiger partial charge is 0.269 e. The van der Waals surface area contributed by atoms with E-state index in [1.807, 2.05) is 42.5 Å². The molecule has 6 rings (SSSR count). The van der Waals surface area contributed by atoms with Crippen LogP contribution in [-0.2, 0) is 0 Å². The summed E-state index contributed by atoms with van der Waals surface area (Å²) >= 11 is 11.1. The van der Waals surface area contributed by atoms with Crippen LogP contribution in [-0.4, -0.2) is 19.6 Å². The van der Waals surface area contributed by atoms with E-state index in [1.165, 1.54) is 12.1 Å². The number of non-ortho nitro benzene ring substituents is 1. The topological polar surface area (TPSA) is 76.2 Å². The van der Waals surface area contributed by atoms with Crippen LogP contribution in [0.5, 0.6) is 0 Å². The van der Waals surface area contributed by atoms with Crippen molar-refractivity contribution in [2.45, 2.75) is 21.9 Å². The summed E-state index contributed by atoms with van der Waals surface area (Å²) in [5.41, 5.74) is 4.06. The molecule has 1 N–H and O–H groups in total. The van der Waals surface area contributed by atoms with Gasteiger partial charge in [-0.3, -0.25) is 15.1 Å². The molecule has 10 heteroatoms. The summed E-state index contributed by atoms with van der Waals surface area (Å²) in [5, 5.41) is 15.1. The van der Waals surface area contributed by atoms with Gasteiger partial charge in [-0.05, 0) is 91.1 Å². The molecule has 2 atom stereocenters. The lowest BCUT2D eigenvalue weighted by Crippen LogP contribution is -2.30. The lowest BCUT2D eigenvalue weighted by atomic mass is 10.0. The Morgan fingerprint density at radius 1 is 0.900 bits per heavy atom. The second kappa shape index (κ2) is 11.2. The number of thiocarbonyl (C=S) groups is 1. The molecule has 1 fully saturated rings. The molecule has 0 radical (unpaired) electrons. The van der Waals surface area contributed by atoms with Crippen LogP contribution in [0.15, 0.2) is 130 Å². The van der Waals surface area contributed by atoms with E-state index in [4.69, 9.17) is 12.2 Å². The number of nitrogens with zero attached hydrogens (tertiary/aromatic N) is 4. The average molecular weight is 629 g/mol. The van der Waals surface area contributed by atoms with E-state index in [-0.39, 0.29) is 17.8 Å². The zero-order valence-corrected chi connectivity index (χ0v) is 24.1. The fourth-order valence-electron chi connectivity index (χ4n) is 4.88. The molecule has 5 aromatic rings. The van der Waals surface area contributed by atoms with Crippen molar-refractivity contribution in [3.8, 4) is 5.69 Å². The molecule has 3 heterocycles. The maximum atomic E-state index is 11.0. The Labute approximate surface area is 249 Å². The van der Waals surface area contributed by atoms with Crippen LogP contribution in [0.2, 0.25) is 0 Å². The first kappa shape index (κ1) is 26.2. The predicted octanol–water partition coefficient (Wildman–Crippen LogP) is 7.87. The van der Waals surface area contributed by atoms with Crippen molar-refractivity contribution in [1.29, 1.82) is 0 Å². The van der Waals surface area contributed by atoms with E-state index in [2.05, 4.69) is 78.3 Å². The van der Waals surface area contributed by atoms with Gasteiger partial charge in [-0.15, -0.1) is 0 Å². The van der Waals surface area contributed by atoms with Crippen LogP contribution in [0.3, 0.4) is 0 Å². The van der Waals surface area contributed by atoms with E-state index < -0.39 is 4.92 Å². The summed E-state index contributed by atoms with van der Waals surface area (Å²) < 4.78 is 3.19. The molecule has 0 bridgehead atoms. The Hall–Kier alpha value is -3.99. The van der Waals surface area contributed by atoms with Crippen molar-refractivity contribution in [3.63, 3.8) is 0 Å². The number of halogens is 1. The first-order valence-electron chi connectivity index (χ1n) is 12.4. The van der Waals surface area contributed by atoms with Gasteiger partial charge in [0.05, 0.1) is 16.7 Å². The van der Waals surface area contributed by atoms with Gasteiger partial charge in [0.2, 0.25) is 0 Å². The fraction of sp³-hybridized carbons (Fsp3) is 0.0667. The lowest BCUT2D eigenvalue weighted by Gasteiger charge is -2.29. The highest BCUT2D eigenvalue weighted by Crippen LogP contribution is 2.43. The Morgan fingerprint density at radius 3 is 2.33 bits per heavy atom. The highest BCUT2D eigenvalue weighted by atomic mass is 79.9. The van der Waals surface area contributed by atoms with E-state index in [0.29, 0.717) is 5.11 Å². The number of hydrogen-bond donors (Lipinski definition) is 1. The second-order valence-electron chi connectivity index (χ2n) is 9.13. The van der Waals surface area contributed by atoms with Gasteiger partial charge in [-0.1, -0.05) is 39.8 Å². The van der Waals surface area contributed by atoms with Crippen molar-refractivity contribution in [2.24, 2.45) is 0 Å². The number of hydrogen-bond acceptors (Lipinski definition) is 5. The second-order valence-corrected chi connectivity index (χ2v) is 11.6. The van der Waals surface area contributed by atoms with Crippen molar-refractivity contribution in [2.75, 3.05) is 4.90 Å². The van der Waals surface area contributed by atoms with Gasteiger partial charge < -0.3 is 14.8 Å². The summed E-state index contributed by atoms with van der Waals surface area (Å²) in [5.74, 6) is 0. The summed E-state index contributed by atoms with van der Waals surface area (Å²) in [4.78, 5) is 19.3. The van der Waals surface area contributed by atoms with Crippen molar-refractivity contribution in [3.05, 3.63) is 141 Å². The Morgan fingerprint density at radius 2 is 1.65 bits per heavy atom. The Bertz CT molecular complexity index is 1680. The molecule has 1 aliphatic rings. The number of nitrogens with one attached hydrogen (secondary N) is 1.